The number of rotatable bonds is 2. The highest BCUT2D eigenvalue weighted by molar-refractivity contribution is 7.17. The van der Waals surface area contributed by atoms with E-state index in [1.165, 1.54) is 5.00 Å². The molecule has 2 aliphatic heterocycles. The van der Waals surface area contributed by atoms with E-state index in [4.69, 9.17) is 4.74 Å². The molecule has 3 nitrogen and oxygen atoms in total. The fraction of sp³-hybridized carbons (Fsp3) is 0.500. The topological polar surface area (TPSA) is 29.5 Å². The average molecular weight is 209 g/mol. The average Bonchev–Trinajstić information content (AvgIpc) is 2.93. The minimum Gasteiger partial charge on any atom is -0.374 e. The lowest BCUT2D eigenvalue weighted by Crippen LogP contribution is -2.36. The molecule has 2 atom stereocenters. The fourth-order valence-corrected chi connectivity index (χ4v) is 3.13. The molecular weight excluding hydrogens is 198 g/mol. The molecule has 2 fully saturated rings. The number of carbonyl (C=O) groups is 1. The van der Waals surface area contributed by atoms with E-state index in [-0.39, 0.29) is 0 Å². The zero-order valence-electron chi connectivity index (χ0n) is 7.68. The second kappa shape index (κ2) is 3.07. The van der Waals surface area contributed by atoms with Gasteiger partial charge < -0.3 is 9.64 Å². The number of anilines is 1. The van der Waals surface area contributed by atoms with Gasteiger partial charge in [-0.25, -0.2) is 0 Å². The Bertz CT molecular complexity index is 363. The largest absolute Gasteiger partial charge is 0.374 e. The van der Waals surface area contributed by atoms with Crippen LogP contribution in [0.3, 0.4) is 0 Å². The van der Waals surface area contributed by atoms with Gasteiger partial charge in [0.2, 0.25) is 0 Å². The lowest BCUT2D eigenvalue weighted by atomic mass is 10.2. The molecule has 0 spiro atoms. The number of thiophene rings is 1. The molecule has 2 saturated heterocycles. The van der Waals surface area contributed by atoms with Crippen molar-refractivity contribution in [2.75, 3.05) is 18.1 Å². The summed E-state index contributed by atoms with van der Waals surface area (Å²) in [5.41, 5.74) is 0. The maximum absolute atomic E-state index is 10.6. The van der Waals surface area contributed by atoms with Crippen molar-refractivity contribution in [2.45, 2.75) is 18.6 Å². The van der Waals surface area contributed by atoms with Gasteiger partial charge >= 0.3 is 0 Å². The van der Waals surface area contributed by atoms with Crippen molar-refractivity contribution in [3.05, 3.63) is 17.0 Å². The van der Waals surface area contributed by atoms with Crippen molar-refractivity contribution in [1.29, 1.82) is 0 Å². The Morgan fingerprint density at radius 2 is 2.50 bits per heavy atom. The van der Waals surface area contributed by atoms with E-state index >= 15 is 0 Å². The zero-order valence-corrected chi connectivity index (χ0v) is 8.50. The normalized spacial score (nSPS) is 29.9. The van der Waals surface area contributed by atoms with Crippen LogP contribution in [0.1, 0.15) is 16.1 Å². The van der Waals surface area contributed by atoms with Crippen LogP contribution >= 0.6 is 11.3 Å². The van der Waals surface area contributed by atoms with Gasteiger partial charge in [-0.05, 0) is 18.6 Å². The number of hydrogen-bond acceptors (Lipinski definition) is 4. The zero-order chi connectivity index (χ0) is 9.54. The maximum atomic E-state index is 10.6. The second-order valence-corrected chi connectivity index (χ2v) is 4.88. The molecule has 0 radical (unpaired) electrons. The van der Waals surface area contributed by atoms with Crippen LogP contribution in [0, 0.1) is 0 Å². The summed E-state index contributed by atoms with van der Waals surface area (Å²) in [6, 6.07) is 4.47. The number of carbonyl (C=O) groups excluding carboxylic acids is 1. The molecule has 0 amide bonds. The van der Waals surface area contributed by atoms with Crippen LogP contribution in [-0.4, -0.2) is 31.6 Å². The van der Waals surface area contributed by atoms with Crippen LogP contribution in [0.2, 0.25) is 0 Å². The van der Waals surface area contributed by atoms with Crippen LogP contribution in [0.15, 0.2) is 12.1 Å². The minimum atomic E-state index is 0.418. The summed E-state index contributed by atoms with van der Waals surface area (Å²) >= 11 is 1.57. The third kappa shape index (κ3) is 1.18. The summed E-state index contributed by atoms with van der Waals surface area (Å²) in [5.74, 6) is 0. The van der Waals surface area contributed by atoms with Crippen molar-refractivity contribution < 1.29 is 9.53 Å². The van der Waals surface area contributed by atoms with Crippen LogP contribution in [0.5, 0.6) is 0 Å². The Kier molecular flexibility index (Phi) is 1.85. The number of hydrogen-bond donors (Lipinski definition) is 0. The summed E-state index contributed by atoms with van der Waals surface area (Å²) in [6.45, 7) is 1.84. The Morgan fingerprint density at radius 3 is 3.07 bits per heavy atom. The Labute approximate surface area is 86.3 Å². The Balaban J connectivity index is 1.85. The smallest absolute Gasteiger partial charge is 0.160 e. The molecule has 2 aliphatic rings. The molecule has 0 N–H and O–H groups in total. The first-order valence-electron chi connectivity index (χ1n) is 4.80. The van der Waals surface area contributed by atoms with Crippen LogP contribution < -0.4 is 4.90 Å². The van der Waals surface area contributed by atoms with Crippen molar-refractivity contribution in [1.82, 2.24) is 0 Å². The Morgan fingerprint density at radius 1 is 1.57 bits per heavy atom. The quantitative estimate of drug-likeness (QED) is 0.692. The highest BCUT2D eigenvalue weighted by atomic mass is 32.1. The number of fused-ring (bicyclic) bond motifs is 2. The van der Waals surface area contributed by atoms with Crippen molar-refractivity contribution in [3.63, 3.8) is 0 Å². The number of morpholine rings is 1. The van der Waals surface area contributed by atoms with Gasteiger partial charge in [-0.15, -0.1) is 11.3 Å². The molecule has 2 bridgehead atoms. The molecule has 1 aromatic heterocycles. The highest BCUT2D eigenvalue weighted by Crippen LogP contribution is 2.35. The third-order valence-electron chi connectivity index (χ3n) is 2.91. The molecule has 3 rings (SSSR count). The summed E-state index contributed by atoms with van der Waals surface area (Å²) in [5, 5.41) is 1.21. The Hall–Kier alpha value is -0.870. The van der Waals surface area contributed by atoms with E-state index in [0.717, 1.165) is 30.7 Å². The SMILES string of the molecule is O=Cc1ccc(N2C[C@@H]3C[C@H]2CO3)s1. The third-order valence-corrected chi connectivity index (χ3v) is 3.96. The maximum Gasteiger partial charge on any atom is 0.160 e. The van der Waals surface area contributed by atoms with E-state index < -0.39 is 0 Å². The summed E-state index contributed by atoms with van der Waals surface area (Å²) in [6.07, 6.45) is 2.48. The van der Waals surface area contributed by atoms with E-state index in [2.05, 4.69) is 4.90 Å². The van der Waals surface area contributed by atoms with E-state index in [1.807, 2.05) is 12.1 Å². The molecule has 4 heteroatoms. The number of ether oxygens (including phenoxy) is 1. The summed E-state index contributed by atoms with van der Waals surface area (Å²) in [7, 11) is 0. The molecule has 74 valence electrons. The molecule has 0 unspecified atom stereocenters. The first-order valence-corrected chi connectivity index (χ1v) is 5.62. The highest BCUT2D eigenvalue weighted by Gasteiger charge is 2.39. The molecule has 3 heterocycles. The molecule has 1 aromatic rings. The van der Waals surface area contributed by atoms with Crippen LogP contribution in [0.25, 0.3) is 0 Å². The fourth-order valence-electron chi connectivity index (χ4n) is 2.23. The molecule has 14 heavy (non-hydrogen) atoms. The van der Waals surface area contributed by atoms with Gasteiger partial charge in [0.25, 0.3) is 0 Å². The molecule has 0 aliphatic carbocycles. The standard InChI is InChI=1S/C10H11NO2S/c12-5-9-1-2-10(14-9)11-4-8-3-7(11)6-13-8/h1-2,5,7-8H,3-4,6H2/t7-,8-/m0/s1. The first-order chi connectivity index (χ1) is 6.86. The summed E-state index contributed by atoms with van der Waals surface area (Å²) < 4.78 is 5.53. The molecule has 0 aromatic carbocycles. The van der Waals surface area contributed by atoms with Crippen LogP contribution in [-0.2, 0) is 4.74 Å². The van der Waals surface area contributed by atoms with Gasteiger partial charge in [-0.1, -0.05) is 0 Å². The van der Waals surface area contributed by atoms with Gasteiger partial charge in [-0.2, -0.15) is 0 Å². The lowest BCUT2D eigenvalue weighted by Gasteiger charge is -2.27. The monoisotopic (exact) mass is 209 g/mol. The van der Waals surface area contributed by atoms with Crippen molar-refractivity contribution in [3.8, 4) is 0 Å². The van der Waals surface area contributed by atoms with E-state index in [1.54, 1.807) is 11.3 Å². The number of nitrogens with zero attached hydrogens (tertiary/aromatic N) is 1. The molecular formula is C10H11NO2S. The predicted molar refractivity (Wildman–Crippen MR) is 55.2 cm³/mol. The van der Waals surface area contributed by atoms with Gasteiger partial charge in [-0.3, -0.25) is 4.79 Å². The molecule has 0 saturated carbocycles. The van der Waals surface area contributed by atoms with Gasteiger partial charge in [0, 0.05) is 6.54 Å². The van der Waals surface area contributed by atoms with Crippen LogP contribution in [0.4, 0.5) is 5.00 Å². The van der Waals surface area contributed by atoms with E-state index in [9.17, 15) is 4.79 Å². The second-order valence-electron chi connectivity index (χ2n) is 3.79. The number of aldehydes is 1. The lowest BCUT2D eigenvalue weighted by molar-refractivity contribution is 0.0993. The van der Waals surface area contributed by atoms with Gasteiger partial charge in [0.1, 0.15) is 0 Å². The van der Waals surface area contributed by atoms with E-state index in [0.29, 0.717) is 12.1 Å². The van der Waals surface area contributed by atoms with Gasteiger partial charge in [0.05, 0.1) is 28.6 Å². The summed E-state index contributed by atoms with van der Waals surface area (Å²) in [4.78, 5) is 13.7. The van der Waals surface area contributed by atoms with Crippen molar-refractivity contribution >= 4 is 22.6 Å². The minimum absolute atomic E-state index is 0.418. The van der Waals surface area contributed by atoms with Gasteiger partial charge in [0.15, 0.2) is 6.29 Å². The predicted octanol–water partition coefficient (Wildman–Crippen LogP) is 1.54. The first kappa shape index (κ1) is 8.44. The van der Waals surface area contributed by atoms with Crippen molar-refractivity contribution in [2.24, 2.45) is 0 Å².